The van der Waals surface area contributed by atoms with Gasteiger partial charge in [0.1, 0.15) is 29.7 Å². The van der Waals surface area contributed by atoms with Crippen LogP contribution in [0.15, 0.2) is 76.8 Å². The first-order chi connectivity index (χ1) is 21.5. The van der Waals surface area contributed by atoms with Crippen molar-refractivity contribution in [3.63, 3.8) is 0 Å². The maximum atomic E-state index is 14.3. The largest absolute Gasteiger partial charge is 0.497 e. The molecule has 44 heavy (non-hydrogen) atoms. The Kier molecular flexibility index (Phi) is 9.84. The summed E-state index contributed by atoms with van der Waals surface area (Å²) in [5, 5.41) is 7.23. The van der Waals surface area contributed by atoms with Crippen molar-refractivity contribution in [3.05, 3.63) is 93.7 Å². The normalized spacial score (nSPS) is 19.4. The van der Waals surface area contributed by atoms with Crippen molar-refractivity contribution in [1.82, 2.24) is 15.5 Å². The summed E-state index contributed by atoms with van der Waals surface area (Å²) >= 11 is 3.41. The van der Waals surface area contributed by atoms with Gasteiger partial charge in [0.25, 0.3) is 5.91 Å². The van der Waals surface area contributed by atoms with Crippen LogP contribution in [0.3, 0.4) is 0 Å². The highest BCUT2D eigenvalue weighted by atomic mass is 79.9. The van der Waals surface area contributed by atoms with Gasteiger partial charge in [-0.1, -0.05) is 24.3 Å². The molecule has 1 saturated carbocycles. The lowest BCUT2D eigenvalue weighted by Gasteiger charge is -2.40. The highest BCUT2D eigenvalue weighted by Gasteiger charge is 2.40. The van der Waals surface area contributed by atoms with E-state index in [4.69, 9.17) is 14.2 Å². The molecule has 7 nitrogen and oxygen atoms in total. The van der Waals surface area contributed by atoms with E-state index >= 15 is 0 Å². The number of aryl methyl sites for hydroxylation is 1. The molecule has 2 atom stereocenters. The highest BCUT2D eigenvalue weighted by Crippen LogP contribution is 2.36. The van der Waals surface area contributed by atoms with Crippen molar-refractivity contribution in [2.75, 3.05) is 40.0 Å². The van der Waals surface area contributed by atoms with E-state index in [1.165, 1.54) is 17.7 Å². The Morgan fingerprint density at radius 2 is 1.75 bits per heavy atom. The van der Waals surface area contributed by atoms with Crippen LogP contribution in [0, 0.1) is 5.82 Å². The maximum Gasteiger partial charge on any atom is 0.252 e. The lowest BCUT2D eigenvalue weighted by molar-refractivity contribution is -0.128. The van der Waals surface area contributed by atoms with E-state index in [9.17, 15) is 9.18 Å². The number of carbonyl (C=O) groups is 1. The molecule has 1 amide bonds. The van der Waals surface area contributed by atoms with Gasteiger partial charge >= 0.3 is 0 Å². The van der Waals surface area contributed by atoms with Crippen molar-refractivity contribution in [3.8, 4) is 17.2 Å². The third-order valence-electron chi connectivity index (χ3n) is 8.50. The summed E-state index contributed by atoms with van der Waals surface area (Å²) in [6, 6.07) is 21.2. The molecule has 3 aromatic carbocycles. The molecule has 6 rings (SSSR count). The number of hydrogen-bond donors (Lipinski definition) is 2. The number of ether oxygens (including phenoxy) is 3. The average Bonchev–Trinajstić information content (AvgIpc) is 3.89. The summed E-state index contributed by atoms with van der Waals surface area (Å²) in [6.07, 6.45) is 4.53. The monoisotopic (exact) mass is 663 g/mol. The Morgan fingerprint density at radius 3 is 2.50 bits per heavy atom. The zero-order valence-electron chi connectivity index (χ0n) is 25.0. The van der Waals surface area contributed by atoms with E-state index in [0.29, 0.717) is 31.5 Å². The average molecular weight is 665 g/mol. The van der Waals surface area contributed by atoms with Gasteiger partial charge in [-0.2, -0.15) is 0 Å². The van der Waals surface area contributed by atoms with E-state index in [-0.39, 0.29) is 23.8 Å². The number of hydrogen-bond acceptors (Lipinski definition) is 6. The quantitative estimate of drug-likeness (QED) is 0.227. The number of nitrogens with zero attached hydrogens (tertiary/aromatic N) is 1. The van der Waals surface area contributed by atoms with E-state index in [2.05, 4.69) is 50.8 Å². The van der Waals surface area contributed by atoms with Crippen molar-refractivity contribution in [1.29, 1.82) is 0 Å². The molecule has 3 aromatic rings. The van der Waals surface area contributed by atoms with Gasteiger partial charge in [-0.05, 0) is 101 Å². The zero-order valence-corrected chi connectivity index (χ0v) is 26.6. The summed E-state index contributed by atoms with van der Waals surface area (Å²) in [6.45, 7) is 3.10. The van der Waals surface area contributed by atoms with Gasteiger partial charge in [0.2, 0.25) is 0 Å². The van der Waals surface area contributed by atoms with Crippen molar-refractivity contribution in [2.24, 2.45) is 0 Å². The van der Waals surface area contributed by atoms with Gasteiger partial charge in [-0.25, -0.2) is 4.39 Å². The lowest BCUT2D eigenvalue weighted by atomic mass is 9.83. The standard InChI is InChI=1S/C35H39BrFN3O4/c1-42-28-11-13-29(14-12-28)43-18-16-40(27-9-10-27)35(41)34-30(20-26-21-38-22-32(34)39-26)24-6-4-23(5-7-24)3-2-17-44-33-19-25(37)8-15-31(33)36/h4-8,11-15,19,26-27,32,38-39H,2-3,9-10,16-18,20-22H2,1H3/t26-,32-/m1/s1. The molecule has 3 aliphatic rings. The van der Waals surface area contributed by atoms with Gasteiger partial charge in [0.15, 0.2) is 0 Å². The van der Waals surface area contributed by atoms with Crippen LogP contribution in [0.2, 0.25) is 0 Å². The third-order valence-corrected chi connectivity index (χ3v) is 9.16. The van der Waals surface area contributed by atoms with Gasteiger partial charge in [0, 0.05) is 36.8 Å². The predicted octanol–water partition coefficient (Wildman–Crippen LogP) is 5.77. The Balaban J connectivity index is 1.13. The number of halogens is 2. The summed E-state index contributed by atoms with van der Waals surface area (Å²) in [7, 11) is 1.64. The minimum Gasteiger partial charge on any atom is -0.497 e. The second kappa shape index (κ2) is 14.1. The van der Waals surface area contributed by atoms with Crippen LogP contribution in [0.5, 0.6) is 17.2 Å². The molecule has 1 saturated heterocycles. The van der Waals surface area contributed by atoms with Crippen LogP contribution in [0.25, 0.3) is 5.57 Å². The Hall–Kier alpha value is -3.40. The van der Waals surface area contributed by atoms with E-state index in [1.807, 2.05) is 29.2 Å². The minimum absolute atomic E-state index is 0.0206. The molecular formula is C35H39BrFN3O4. The fourth-order valence-electron chi connectivity index (χ4n) is 6.08. The summed E-state index contributed by atoms with van der Waals surface area (Å²) in [5.41, 5.74) is 4.35. The van der Waals surface area contributed by atoms with Crippen LogP contribution in [0.1, 0.15) is 36.8 Å². The number of nitrogens with one attached hydrogen (secondary N) is 2. The van der Waals surface area contributed by atoms with Crippen LogP contribution in [-0.2, 0) is 11.2 Å². The second-order valence-corrected chi connectivity index (χ2v) is 12.5. The molecule has 0 radical (unpaired) electrons. The number of fused-ring (bicyclic) bond motifs is 2. The van der Waals surface area contributed by atoms with Crippen molar-refractivity contribution in [2.45, 2.75) is 50.2 Å². The molecule has 2 bridgehead atoms. The number of methoxy groups -OCH3 is 1. The van der Waals surface area contributed by atoms with E-state index in [1.54, 1.807) is 13.2 Å². The molecule has 2 aliphatic heterocycles. The first-order valence-electron chi connectivity index (χ1n) is 15.4. The van der Waals surface area contributed by atoms with Gasteiger partial charge in [-0.3, -0.25) is 4.79 Å². The van der Waals surface area contributed by atoms with Crippen molar-refractivity contribution >= 4 is 27.4 Å². The zero-order chi connectivity index (χ0) is 30.5. The van der Waals surface area contributed by atoms with Gasteiger partial charge < -0.3 is 29.7 Å². The number of benzene rings is 3. The maximum absolute atomic E-state index is 14.3. The molecule has 9 heteroatoms. The molecule has 232 valence electrons. The third kappa shape index (κ3) is 7.45. The van der Waals surface area contributed by atoms with Gasteiger partial charge in [-0.15, -0.1) is 0 Å². The summed E-state index contributed by atoms with van der Waals surface area (Å²) < 4.78 is 31.3. The number of piperazine rings is 1. The predicted molar refractivity (Wildman–Crippen MR) is 173 cm³/mol. The summed E-state index contributed by atoms with van der Waals surface area (Å²) in [4.78, 5) is 16.3. The first-order valence-corrected chi connectivity index (χ1v) is 16.2. The van der Waals surface area contributed by atoms with E-state index in [0.717, 1.165) is 77.9 Å². The number of amides is 1. The number of carbonyl (C=O) groups excluding carboxylic acids is 1. The molecule has 0 aromatic heterocycles. The second-order valence-electron chi connectivity index (χ2n) is 11.6. The SMILES string of the molecule is COc1ccc(OCCN(C(=O)C2=C(c3ccc(CCCOc4cc(F)ccc4Br)cc3)C[C@@H]3CNC[C@H]2N3)C2CC2)cc1. The van der Waals surface area contributed by atoms with Crippen molar-refractivity contribution < 1.29 is 23.4 Å². The molecule has 1 aliphatic carbocycles. The van der Waals surface area contributed by atoms with Crippen LogP contribution >= 0.6 is 15.9 Å². The van der Waals surface area contributed by atoms with Gasteiger partial charge in [0.05, 0.1) is 30.8 Å². The molecule has 2 N–H and O–H groups in total. The fraction of sp³-hybridized carbons (Fsp3) is 0.400. The highest BCUT2D eigenvalue weighted by molar-refractivity contribution is 9.10. The topological polar surface area (TPSA) is 72.1 Å². The molecule has 2 heterocycles. The first kappa shape index (κ1) is 30.6. The minimum atomic E-state index is -0.314. The lowest BCUT2D eigenvalue weighted by Crippen LogP contribution is -2.60. The Bertz CT molecular complexity index is 1480. The van der Waals surface area contributed by atoms with Crippen LogP contribution in [-0.4, -0.2) is 68.9 Å². The Labute approximate surface area is 266 Å². The molecule has 2 fully saturated rings. The van der Waals surface area contributed by atoms with Crippen LogP contribution < -0.4 is 24.8 Å². The molecule has 0 spiro atoms. The Morgan fingerprint density at radius 1 is 0.977 bits per heavy atom. The van der Waals surface area contributed by atoms with E-state index < -0.39 is 0 Å². The smallest absolute Gasteiger partial charge is 0.252 e. The molecule has 0 unspecified atom stereocenters. The molecular weight excluding hydrogens is 625 g/mol. The van der Waals surface area contributed by atoms with Crippen LogP contribution in [0.4, 0.5) is 4.39 Å². The fourth-order valence-corrected chi connectivity index (χ4v) is 6.44. The number of rotatable bonds is 13. The summed E-state index contributed by atoms with van der Waals surface area (Å²) in [5.74, 6) is 1.87.